The largest absolute Gasteiger partial charge is 0.483 e. The van der Waals surface area contributed by atoms with Crippen molar-refractivity contribution in [3.63, 3.8) is 0 Å². The Kier molecular flexibility index (Phi) is 7.27. The van der Waals surface area contributed by atoms with Crippen molar-refractivity contribution in [1.82, 2.24) is 10.3 Å². The van der Waals surface area contributed by atoms with Crippen LogP contribution in [0.25, 0.3) is 0 Å². The monoisotopic (exact) mass is 386 g/mol. The van der Waals surface area contributed by atoms with E-state index >= 15 is 0 Å². The first kappa shape index (κ1) is 19.9. The van der Waals surface area contributed by atoms with Crippen LogP contribution in [0.5, 0.6) is 5.75 Å². The molecule has 1 unspecified atom stereocenters. The lowest BCUT2D eigenvalue weighted by molar-refractivity contribution is -0.123. The van der Waals surface area contributed by atoms with Gasteiger partial charge in [-0.25, -0.2) is 4.98 Å². The van der Waals surface area contributed by atoms with Gasteiger partial charge < -0.3 is 10.1 Å². The molecule has 1 amide bonds. The van der Waals surface area contributed by atoms with Crippen LogP contribution in [0.2, 0.25) is 0 Å². The predicted molar refractivity (Wildman–Crippen MR) is 111 cm³/mol. The molecule has 2 aromatic rings. The number of hydrogen-bond acceptors (Lipinski definition) is 4. The van der Waals surface area contributed by atoms with Crippen LogP contribution in [0.15, 0.2) is 24.3 Å². The summed E-state index contributed by atoms with van der Waals surface area (Å²) in [5.74, 6) is 1.18. The van der Waals surface area contributed by atoms with E-state index in [2.05, 4.69) is 25.2 Å². The molecular weight excluding hydrogens is 356 g/mol. The number of para-hydroxylation sites is 1. The van der Waals surface area contributed by atoms with Gasteiger partial charge in [0.25, 0.3) is 5.91 Å². The van der Waals surface area contributed by atoms with Gasteiger partial charge in [0.05, 0.1) is 10.7 Å². The fourth-order valence-electron chi connectivity index (χ4n) is 3.41. The number of ether oxygens (including phenoxy) is 1. The first-order valence-corrected chi connectivity index (χ1v) is 10.9. The smallest absolute Gasteiger partial charge is 0.257 e. The van der Waals surface area contributed by atoms with Crippen LogP contribution >= 0.6 is 11.3 Å². The molecule has 0 saturated heterocycles. The summed E-state index contributed by atoms with van der Waals surface area (Å²) in [5, 5.41) is 4.18. The van der Waals surface area contributed by atoms with Gasteiger partial charge in [0.1, 0.15) is 5.75 Å². The van der Waals surface area contributed by atoms with Crippen molar-refractivity contribution < 1.29 is 9.53 Å². The molecule has 27 heavy (non-hydrogen) atoms. The van der Waals surface area contributed by atoms with Crippen molar-refractivity contribution in [2.24, 2.45) is 0 Å². The summed E-state index contributed by atoms with van der Waals surface area (Å²) in [4.78, 5) is 18.3. The van der Waals surface area contributed by atoms with Crippen molar-refractivity contribution in [3.8, 4) is 5.75 Å². The first-order chi connectivity index (χ1) is 13.2. The first-order valence-electron chi connectivity index (χ1n) is 10.1. The lowest BCUT2D eigenvalue weighted by Gasteiger charge is -2.15. The molecule has 3 rings (SSSR count). The second kappa shape index (κ2) is 9.88. The molecule has 0 fully saturated rings. The number of carbonyl (C=O) groups is 1. The Labute approximate surface area is 166 Å². The average molecular weight is 387 g/mol. The standard InChI is InChI=1S/C22H30N2O2S/c1-3-16(2)17-9-4-6-11-19(17)26-15-21(25)23-14-8-13-22-24-18-10-5-7-12-20(18)27-22/h4,6,9,11,16H,3,5,7-8,10,12-15H2,1-2H3,(H,23,25). The van der Waals surface area contributed by atoms with Crippen LogP contribution in [0.4, 0.5) is 0 Å². The van der Waals surface area contributed by atoms with Crippen LogP contribution in [0, 0.1) is 0 Å². The van der Waals surface area contributed by atoms with Gasteiger partial charge in [-0.15, -0.1) is 11.3 Å². The van der Waals surface area contributed by atoms with E-state index in [-0.39, 0.29) is 12.5 Å². The average Bonchev–Trinajstić information content (AvgIpc) is 3.12. The molecule has 146 valence electrons. The van der Waals surface area contributed by atoms with E-state index in [1.54, 1.807) is 0 Å². The minimum atomic E-state index is -0.0626. The van der Waals surface area contributed by atoms with E-state index in [0.717, 1.165) is 31.4 Å². The number of nitrogens with one attached hydrogen (secondary N) is 1. The van der Waals surface area contributed by atoms with Crippen molar-refractivity contribution >= 4 is 17.2 Å². The maximum absolute atomic E-state index is 12.1. The van der Waals surface area contributed by atoms with E-state index in [4.69, 9.17) is 9.72 Å². The Morgan fingerprint density at radius 3 is 2.93 bits per heavy atom. The zero-order chi connectivity index (χ0) is 19.1. The number of benzene rings is 1. The molecule has 1 heterocycles. The van der Waals surface area contributed by atoms with Crippen LogP contribution in [-0.2, 0) is 24.1 Å². The maximum Gasteiger partial charge on any atom is 0.257 e. The normalized spacial score (nSPS) is 14.4. The summed E-state index contributed by atoms with van der Waals surface area (Å²) < 4.78 is 5.77. The second-order valence-electron chi connectivity index (χ2n) is 7.27. The van der Waals surface area contributed by atoms with Gasteiger partial charge in [-0.05, 0) is 56.1 Å². The summed E-state index contributed by atoms with van der Waals surface area (Å²) in [6, 6.07) is 7.99. The van der Waals surface area contributed by atoms with Crippen molar-refractivity contribution in [3.05, 3.63) is 45.4 Å². The number of fused-ring (bicyclic) bond motifs is 1. The molecule has 1 atom stereocenters. The van der Waals surface area contributed by atoms with Gasteiger partial charge in [-0.3, -0.25) is 4.79 Å². The third-order valence-electron chi connectivity index (χ3n) is 5.20. The molecule has 1 aliphatic rings. The molecule has 0 spiro atoms. The highest BCUT2D eigenvalue weighted by molar-refractivity contribution is 7.11. The molecule has 0 bridgehead atoms. The van der Waals surface area contributed by atoms with Crippen LogP contribution in [0.3, 0.4) is 0 Å². The number of amides is 1. The molecule has 0 saturated carbocycles. The number of thiazole rings is 1. The molecule has 5 heteroatoms. The third kappa shape index (κ3) is 5.55. The van der Waals surface area contributed by atoms with E-state index < -0.39 is 0 Å². The maximum atomic E-state index is 12.1. The summed E-state index contributed by atoms with van der Waals surface area (Å²) in [6.45, 7) is 5.07. The predicted octanol–water partition coefficient (Wildman–Crippen LogP) is 4.66. The van der Waals surface area contributed by atoms with Gasteiger partial charge >= 0.3 is 0 Å². The molecule has 1 aliphatic carbocycles. The molecule has 1 N–H and O–H groups in total. The highest BCUT2D eigenvalue weighted by Gasteiger charge is 2.15. The van der Waals surface area contributed by atoms with Crippen molar-refractivity contribution in [2.75, 3.05) is 13.2 Å². The fourth-order valence-corrected chi connectivity index (χ4v) is 4.61. The van der Waals surface area contributed by atoms with Crippen LogP contribution < -0.4 is 10.1 Å². The zero-order valence-corrected chi connectivity index (χ0v) is 17.2. The Morgan fingerprint density at radius 1 is 1.30 bits per heavy atom. The fraction of sp³-hybridized carbons (Fsp3) is 0.545. The second-order valence-corrected chi connectivity index (χ2v) is 8.44. The molecular formula is C22H30N2O2S. The Morgan fingerprint density at radius 2 is 2.11 bits per heavy atom. The van der Waals surface area contributed by atoms with Crippen molar-refractivity contribution in [1.29, 1.82) is 0 Å². The summed E-state index contributed by atoms with van der Waals surface area (Å²) in [6.07, 6.45) is 7.80. The minimum Gasteiger partial charge on any atom is -0.483 e. The topological polar surface area (TPSA) is 51.2 Å². The Bertz CT molecular complexity index is 733. The molecule has 1 aromatic heterocycles. The quantitative estimate of drug-likeness (QED) is 0.638. The lowest BCUT2D eigenvalue weighted by atomic mass is 9.98. The summed E-state index contributed by atoms with van der Waals surface area (Å²) in [5.41, 5.74) is 2.49. The van der Waals surface area contributed by atoms with Gasteiger partial charge in [-0.1, -0.05) is 32.0 Å². The number of rotatable bonds is 9. The van der Waals surface area contributed by atoms with Gasteiger partial charge in [0.15, 0.2) is 6.61 Å². The number of aryl methyl sites for hydroxylation is 3. The number of hydrogen-bond donors (Lipinski definition) is 1. The SMILES string of the molecule is CCC(C)c1ccccc1OCC(=O)NCCCc1nc2c(s1)CCCC2. The van der Waals surface area contributed by atoms with E-state index in [0.29, 0.717) is 12.5 Å². The van der Waals surface area contributed by atoms with Crippen LogP contribution in [-0.4, -0.2) is 24.0 Å². The highest BCUT2D eigenvalue weighted by atomic mass is 32.1. The Hall–Kier alpha value is -1.88. The number of aromatic nitrogens is 1. The summed E-state index contributed by atoms with van der Waals surface area (Å²) >= 11 is 1.86. The highest BCUT2D eigenvalue weighted by Crippen LogP contribution is 2.28. The zero-order valence-electron chi connectivity index (χ0n) is 16.4. The van der Waals surface area contributed by atoms with Crippen LogP contribution in [0.1, 0.15) is 66.6 Å². The summed E-state index contributed by atoms with van der Waals surface area (Å²) in [7, 11) is 0. The molecule has 0 aliphatic heterocycles. The Balaban J connectivity index is 1.38. The van der Waals surface area contributed by atoms with E-state index in [1.807, 2.05) is 29.5 Å². The van der Waals surface area contributed by atoms with Gasteiger partial charge in [0.2, 0.25) is 0 Å². The molecule has 1 aromatic carbocycles. The van der Waals surface area contributed by atoms with E-state index in [1.165, 1.54) is 40.4 Å². The third-order valence-corrected chi connectivity index (χ3v) is 6.42. The minimum absolute atomic E-state index is 0.0626. The van der Waals surface area contributed by atoms with E-state index in [9.17, 15) is 4.79 Å². The van der Waals surface area contributed by atoms with Gasteiger partial charge in [0, 0.05) is 17.8 Å². The number of nitrogens with zero attached hydrogens (tertiary/aromatic N) is 1. The number of carbonyl (C=O) groups excluding carboxylic acids is 1. The molecule has 4 nitrogen and oxygen atoms in total. The molecule has 0 radical (unpaired) electrons. The van der Waals surface area contributed by atoms with Gasteiger partial charge in [-0.2, -0.15) is 0 Å². The lowest BCUT2D eigenvalue weighted by Crippen LogP contribution is -2.30. The van der Waals surface area contributed by atoms with Crippen molar-refractivity contribution in [2.45, 2.75) is 64.7 Å².